The maximum absolute atomic E-state index is 4.92. The maximum Gasteiger partial charge on any atom is 0.184 e. The van der Waals surface area contributed by atoms with Crippen molar-refractivity contribution < 1.29 is 0 Å². The molecule has 0 radical (unpaired) electrons. The molecule has 1 heterocycles. The van der Waals surface area contributed by atoms with E-state index in [1.54, 1.807) is 0 Å². The third kappa shape index (κ3) is 3.95. The normalized spacial score (nSPS) is 16.8. The van der Waals surface area contributed by atoms with E-state index in [0.717, 1.165) is 17.6 Å². The van der Waals surface area contributed by atoms with Gasteiger partial charge < -0.3 is 4.57 Å². The van der Waals surface area contributed by atoms with Gasteiger partial charge in [-0.3, -0.25) is 4.99 Å². The van der Waals surface area contributed by atoms with E-state index in [1.807, 2.05) is 11.3 Å². The van der Waals surface area contributed by atoms with E-state index in [4.69, 9.17) is 4.99 Å². The van der Waals surface area contributed by atoms with Gasteiger partial charge in [-0.05, 0) is 43.4 Å². The molecule has 0 N–H and O–H groups in total. The van der Waals surface area contributed by atoms with Crippen LogP contribution >= 0.6 is 27.3 Å². The number of aromatic nitrogens is 1. The van der Waals surface area contributed by atoms with Crippen LogP contribution in [0.5, 0.6) is 0 Å². The molecule has 0 aliphatic heterocycles. The zero-order valence-electron chi connectivity index (χ0n) is 15.4. The smallest absolute Gasteiger partial charge is 0.184 e. The number of thiazole rings is 1. The average molecular weight is 421 g/mol. The number of nitrogens with zero attached hydrogens (tertiary/aromatic N) is 2. The van der Waals surface area contributed by atoms with Crippen LogP contribution in [0.1, 0.15) is 70.1 Å². The van der Waals surface area contributed by atoms with Crippen molar-refractivity contribution in [2.24, 2.45) is 4.99 Å². The van der Waals surface area contributed by atoms with Gasteiger partial charge in [0.25, 0.3) is 0 Å². The zero-order chi connectivity index (χ0) is 17.7. The summed E-state index contributed by atoms with van der Waals surface area (Å²) in [4.78, 5) is 6.15. The standard InChI is InChI=1S/C21H29BrN2S/c1-3-5-14-23-20-24(15-6-4-2)19(16-25-20)21(12-7-13-21)17-8-10-18(22)11-9-17/h8-11,16H,3-7,12-15H2,1-2H3. The van der Waals surface area contributed by atoms with E-state index in [-0.39, 0.29) is 5.41 Å². The summed E-state index contributed by atoms with van der Waals surface area (Å²) in [6, 6.07) is 8.98. The lowest BCUT2D eigenvalue weighted by atomic mass is 9.62. The fraction of sp³-hybridized carbons (Fsp3) is 0.571. The highest BCUT2D eigenvalue weighted by Crippen LogP contribution is 2.49. The molecule has 1 aromatic carbocycles. The van der Waals surface area contributed by atoms with Crippen molar-refractivity contribution in [1.82, 2.24) is 4.57 Å². The lowest BCUT2D eigenvalue weighted by molar-refractivity contribution is 0.281. The molecule has 0 bridgehead atoms. The summed E-state index contributed by atoms with van der Waals surface area (Å²) in [6.45, 7) is 6.55. The van der Waals surface area contributed by atoms with Gasteiger partial charge in [-0.1, -0.05) is 61.2 Å². The molecule has 0 unspecified atom stereocenters. The first-order chi connectivity index (χ1) is 12.2. The molecule has 1 fully saturated rings. The first kappa shape index (κ1) is 18.9. The summed E-state index contributed by atoms with van der Waals surface area (Å²) in [5.74, 6) is 0. The van der Waals surface area contributed by atoms with Crippen LogP contribution in [0.15, 0.2) is 39.1 Å². The van der Waals surface area contributed by atoms with Crippen molar-refractivity contribution in [1.29, 1.82) is 0 Å². The molecule has 0 amide bonds. The van der Waals surface area contributed by atoms with Crippen LogP contribution < -0.4 is 4.80 Å². The average Bonchev–Trinajstić information content (AvgIpc) is 2.97. The molecule has 0 spiro atoms. The Morgan fingerprint density at radius 1 is 1.12 bits per heavy atom. The lowest BCUT2D eigenvalue weighted by Gasteiger charge is -2.43. The van der Waals surface area contributed by atoms with E-state index in [9.17, 15) is 0 Å². The van der Waals surface area contributed by atoms with Crippen molar-refractivity contribution in [2.75, 3.05) is 6.54 Å². The Morgan fingerprint density at radius 2 is 1.84 bits per heavy atom. The molecule has 25 heavy (non-hydrogen) atoms. The van der Waals surface area contributed by atoms with Gasteiger partial charge in [0, 0.05) is 34.1 Å². The largest absolute Gasteiger partial charge is 0.320 e. The summed E-state index contributed by atoms with van der Waals surface area (Å²) >= 11 is 5.42. The van der Waals surface area contributed by atoms with Crippen LogP contribution in [0.25, 0.3) is 0 Å². The number of halogens is 1. The van der Waals surface area contributed by atoms with Gasteiger partial charge in [0.05, 0.1) is 0 Å². The van der Waals surface area contributed by atoms with Gasteiger partial charge in [0.1, 0.15) is 0 Å². The minimum atomic E-state index is 0.198. The summed E-state index contributed by atoms with van der Waals surface area (Å²) in [7, 11) is 0. The number of unbranched alkanes of at least 4 members (excludes halogenated alkanes) is 2. The third-order valence-electron chi connectivity index (χ3n) is 5.39. The lowest BCUT2D eigenvalue weighted by Crippen LogP contribution is -2.39. The molecular weight excluding hydrogens is 392 g/mol. The van der Waals surface area contributed by atoms with Crippen LogP contribution in [-0.2, 0) is 12.0 Å². The van der Waals surface area contributed by atoms with Gasteiger partial charge >= 0.3 is 0 Å². The predicted octanol–water partition coefficient (Wildman–Crippen LogP) is 6.28. The monoisotopic (exact) mass is 420 g/mol. The molecule has 3 rings (SSSR count). The van der Waals surface area contributed by atoms with Crippen LogP contribution in [0, 0.1) is 0 Å². The van der Waals surface area contributed by atoms with E-state index < -0.39 is 0 Å². The number of benzene rings is 1. The summed E-state index contributed by atoms with van der Waals surface area (Å²) in [5, 5.41) is 2.39. The highest BCUT2D eigenvalue weighted by Gasteiger charge is 2.42. The van der Waals surface area contributed by atoms with E-state index >= 15 is 0 Å². The second kappa shape index (κ2) is 8.68. The van der Waals surface area contributed by atoms with Crippen molar-refractivity contribution in [3.05, 3.63) is 50.2 Å². The van der Waals surface area contributed by atoms with E-state index in [0.29, 0.717) is 0 Å². The Kier molecular flexibility index (Phi) is 6.56. The Hall–Kier alpha value is -0.870. The molecular formula is C21H29BrN2S. The zero-order valence-corrected chi connectivity index (χ0v) is 17.8. The summed E-state index contributed by atoms with van der Waals surface area (Å²) in [5.41, 5.74) is 3.16. The van der Waals surface area contributed by atoms with Crippen molar-refractivity contribution in [3.8, 4) is 0 Å². The SMILES string of the molecule is CCCCN=c1scc(C2(c3ccc(Br)cc3)CCC2)n1CCCC. The van der Waals surface area contributed by atoms with Gasteiger partial charge in [-0.25, -0.2) is 0 Å². The van der Waals surface area contributed by atoms with Crippen LogP contribution in [-0.4, -0.2) is 11.1 Å². The van der Waals surface area contributed by atoms with Crippen molar-refractivity contribution in [2.45, 2.75) is 70.8 Å². The third-order valence-corrected chi connectivity index (χ3v) is 6.82. The molecule has 1 saturated carbocycles. The molecule has 2 nitrogen and oxygen atoms in total. The molecule has 0 saturated heterocycles. The Morgan fingerprint density at radius 3 is 2.44 bits per heavy atom. The molecule has 1 aromatic heterocycles. The Bertz CT molecular complexity index is 738. The van der Waals surface area contributed by atoms with Gasteiger partial charge in [-0.15, -0.1) is 11.3 Å². The minimum Gasteiger partial charge on any atom is -0.320 e. The molecule has 4 heteroatoms. The number of hydrogen-bond donors (Lipinski definition) is 0. The fourth-order valence-electron chi connectivity index (χ4n) is 3.69. The molecule has 2 aromatic rings. The fourth-order valence-corrected chi connectivity index (χ4v) is 5.01. The van der Waals surface area contributed by atoms with Gasteiger partial charge in [0.15, 0.2) is 4.80 Å². The maximum atomic E-state index is 4.92. The second-order valence-corrected chi connectivity index (χ2v) is 8.84. The predicted molar refractivity (Wildman–Crippen MR) is 111 cm³/mol. The van der Waals surface area contributed by atoms with Crippen LogP contribution in [0.3, 0.4) is 0 Å². The first-order valence-corrected chi connectivity index (χ1v) is 11.3. The molecule has 1 aliphatic rings. The first-order valence-electron chi connectivity index (χ1n) is 9.66. The van der Waals surface area contributed by atoms with Crippen molar-refractivity contribution >= 4 is 27.3 Å². The molecule has 0 atom stereocenters. The Balaban J connectivity index is 2.01. The topological polar surface area (TPSA) is 17.3 Å². The van der Waals surface area contributed by atoms with E-state index in [1.165, 1.54) is 61.0 Å². The van der Waals surface area contributed by atoms with Gasteiger partial charge in [-0.2, -0.15) is 0 Å². The highest BCUT2D eigenvalue weighted by atomic mass is 79.9. The van der Waals surface area contributed by atoms with E-state index in [2.05, 4.69) is 64.0 Å². The number of hydrogen-bond acceptors (Lipinski definition) is 2. The molecule has 1 aliphatic carbocycles. The highest BCUT2D eigenvalue weighted by molar-refractivity contribution is 9.10. The second-order valence-electron chi connectivity index (χ2n) is 7.09. The molecule has 136 valence electrons. The van der Waals surface area contributed by atoms with Crippen LogP contribution in [0.4, 0.5) is 0 Å². The minimum absolute atomic E-state index is 0.198. The van der Waals surface area contributed by atoms with Crippen LogP contribution in [0.2, 0.25) is 0 Å². The number of rotatable bonds is 8. The quantitative estimate of drug-likeness (QED) is 0.446. The Labute approximate surface area is 164 Å². The summed E-state index contributed by atoms with van der Waals surface area (Å²) < 4.78 is 3.69. The van der Waals surface area contributed by atoms with Gasteiger partial charge in [0.2, 0.25) is 0 Å². The summed E-state index contributed by atoms with van der Waals surface area (Å²) in [6.07, 6.45) is 8.67. The van der Waals surface area contributed by atoms with Crippen molar-refractivity contribution in [3.63, 3.8) is 0 Å².